The normalized spacial score (nSPS) is 21.4. The molecule has 21 heavy (non-hydrogen) atoms. The molecule has 0 spiro atoms. The van der Waals surface area contributed by atoms with E-state index in [0.29, 0.717) is 31.2 Å². The standard InChI is InChI=1S/C14H28N2O4S/c1-10(2)12(11(3)4)9-15-21(19,20)16-8-6-5-7-13(16)14(17)18/h10-13,15H,5-9H2,1-4H3,(H,17,18). The molecule has 0 aromatic heterocycles. The van der Waals surface area contributed by atoms with Crippen molar-refractivity contribution in [3.63, 3.8) is 0 Å². The number of aliphatic carboxylic acids is 1. The third-order valence-corrected chi connectivity index (χ3v) is 5.85. The number of carboxylic acids is 1. The van der Waals surface area contributed by atoms with Crippen LogP contribution < -0.4 is 4.72 Å². The molecule has 1 fully saturated rings. The van der Waals surface area contributed by atoms with Gasteiger partial charge in [0.25, 0.3) is 10.2 Å². The maximum atomic E-state index is 12.4. The summed E-state index contributed by atoms with van der Waals surface area (Å²) in [7, 11) is -3.74. The van der Waals surface area contributed by atoms with Gasteiger partial charge in [-0.15, -0.1) is 0 Å². The van der Waals surface area contributed by atoms with Crippen LogP contribution in [0, 0.1) is 17.8 Å². The Labute approximate surface area is 128 Å². The van der Waals surface area contributed by atoms with E-state index in [1.54, 1.807) is 0 Å². The quantitative estimate of drug-likeness (QED) is 0.747. The van der Waals surface area contributed by atoms with E-state index >= 15 is 0 Å². The van der Waals surface area contributed by atoms with Crippen LogP contribution in [0.15, 0.2) is 0 Å². The van der Waals surface area contributed by atoms with Crippen LogP contribution in [0.3, 0.4) is 0 Å². The number of hydrogen-bond donors (Lipinski definition) is 2. The minimum atomic E-state index is -3.74. The van der Waals surface area contributed by atoms with Crippen LogP contribution in [-0.4, -0.2) is 42.9 Å². The maximum Gasteiger partial charge on any atom is 0.322 e. The maximum absolute atomic E-state index is 12.4. The Morgan fingerprint density at radius 2 is 1.81 bits per heavy atom. The Morgan fingerprint density at radius 3 is 2.29 bits per heavy atom. The third-order valence-electron chi connectivity index (χ3n) is 4.26. The molecule has 124 valence electrons. The van der Waals surface area contributed by atoms with Gasteiger partial charge in [-0.1, -0.05) is 27.7 Å². The smallest absolute Gasteiger partial charge is 0.322 e. The number of nitrogens with zero attached hydrogens (tertiary/aromatic N) is 1. The molecule has 1 unspecified atom stereocenters. The van der Waals surface area contributed by atoms with Crippen molar-refractivity contribution in [3.05, 3.63) is 0 Å². The lowest BCUT2D eigenvalue weighted by atomic mass is 9.86. The molecule has 1 rings (SSSR count). The fourth-order valence-electron chi connectivity index (χ4n) is 2.97. The number of carboxylic acid groups (broad SMARTS) is 1. The van der Waals surface area contributed by atoms with E-state index in [9.17, 15) is 18.3 Å². The van der Waals surface area contributed by atoms with Crippen LogP contribution in [0.5, 0.6) is 0 Å². The molecule has 0 bridgehead atoms. The number of carbonyl (C=O) groups is 1. The zero-order valence-electron chi connectivity index (χ0n) is 13.4. The summed E-state index contributed by atoms with van der Waals surface area (Å²) in [5.41, 5.74) is 0. The van der Waals surface area contributed by atoms with Gasteiger partial charge in [-0.05, 0) is 37.0 Å². The van der Waals surface area contributed by atoms with E-state index in [0.717, 1.165) is 10.7 Å². The second-order valence-electron chi connectivity index (χ2n) is 6.47. The molecule has 1 aliphatic heterocycles. The van der Waals surface area contributed by atoms with Crippen molar-refractivity contribution >= 4 is 16.2 Å². The molecule has 1 saturated heterocycles. The summed E-state index contributed by atoms with van der Waals surface area (Å²) in [6.45, 7) is 8.90. The van der Waals surface area contributed by atoms with Gasteiger partial charge in [-0.3, -0.25) is 4.79 Å². The molecule has 0 aliphatic carbocycles. The molecule has 0 aromatic rings. The molecule has 1 aliphatic rings. The Kier molecular flexibility index (Phi) is 6.62. The van der Waals surface area contributed by atoms with Crippen molar-refractivity contribution < 1.29 is 18.3 Å². The Hall–Kier alpha value is -0.660. The molecule has 2 N–H and O–H groups in total. The first-order valence-electron chi connectivity index (χ1n) is 7.66. The van der Waals surface area contributed by atoms with Gasteiger partial charge in [-0.2, -0.15) is 12.7 Å². The highest BCUT2D eigenvalue weighted by molar-refractivity contribution is 7.87. The lowest BCUT2D eigenvalue weighted by molar-refractivity contribution is -0.142. The van der Waals surface area contributed by atoms with Crippen LogP contribution in [-0.2, 0) is 15.0 Å². The van der Waals surface area contributed by atoms with Gasteiger partial charge in [0.2, 0.25) is 0 Å². The number of nitrogens with one attached hydrogen (secondary N) is 1. The lowest BCUT2D eigenvalue weighted by Crippen LogP contribution is -2.53. The van der Waals surface area contributed by atoms with Gasteiger partial charge < -0.3 is 5.11 Å². The van der Waals surface area contributed by atoms with Crippen LogP contribution in [0.25, 0.3) is 0 Å². The molecular weight excluding hydrogens is 292 g/mol. The molecule has 0 amide bonds. The highest BCUT2D eigenvalue weighted by atomic mass is 32.2. The monoisotopic (exact) mass is 320 g/mol. The summed E-state index contributed by atoms with van der Waals surface area (Å²) in [5.74, 6) is -0.106. The second kappa shape index (κ2) is 7.56. The van der Waals surface area contributed by atoms with Gasteiger partial charge >= 0.3 is 5.97 Å². The van der Waals surface area contributed by atoms with Crippen molar-refractivity contribution in [2.45, 2.75) is 53.0 Å². The van der Waals surface area contributed by atoms with Crippen LogP contribution in [0.4, 0.5) is 0 Å². The first kappa shape index (κ1) is 18.4. The van der Waals surface area contributed by atoms with E-state index in [1.807, 2.05) is 0 Å². The SMILES string of the molecule is CC(C)C(CNS(=O)(=O)N1CCCCC1C(=O)O)C(C)C. The molecule has 1 atom stereocenters. The van der Waals surface area contributed by atoms with Crippen molar-refractivity contribution in [3.8, 4) is 0 Å². The average Bonchev–Trinajstić information content (AvgIpc) is 2.37. The predicted octanol–water partition coefficient (Wildman–Crippen LogP) is 1.69. The Morgan fingerprint density at radius 1 is 1.24 bits per heavy atom. The summed E-state index contributed by atoms with van der Waals surface area (Å²) >= 11 is 0. The van der Waals surface area contributed by atoms with E-state index in [4.69, 9.17) is 0 Å². The fraction of sp³-hybridized carbons (Fsp3) is 0.929. The van der Waals surface area contributed by atoms with E-state index in [1.165, 1.54) is 0 Å². The third kappa shape index (κ3) is 4.93. The van der Waals surface area contributed by atoms with Gasteiger partial charge in [0.1, 0.15) is 6.04 Å². The summed E-state index contributed by atoms with van der Waals surface area (Å²) in [5, 5.41) is 9.19. The number of rotatable bonds is 7. The molecule has 1 heterocycles. The van der Waals surface area contributed by atoms with E-state index in [2.05, 4.69) is 32.4 Å². The molecular formula is C14H28N2O4S. The van der Waals surface area contributed by atoms with Crippen molar-refractivity contribution in [2.75, 3.05) is 13.1 Å². The summed E-state index contributed by atoms with van der Waals surface area (Å²) in [6, 6.07) is -0.937. The molecule has 0 aromatic carbocycles. The first-order chi connectivity index (χ1) is 9.66. The summed E-state index contributed by atoms with van der Waals surface area (Å²) < 4.78 is 28.5. The fourth-order valence-corrected chi connectivity index (χ4v) is 4.43. The second-order valence-corrected chi connectivity index (χ2v) is 8.17. The molecule has 7 heteroatoms. The highest BCUT2D eigenvalue weighted by Crippen LogP contribution is 2.22. The Balaban J connectivity index is 2.77. The van der Waals surface area contributed by atoms with Gasteiger partial charge in [0.05, 0.1) is 0 Å². The van der Waals surface area contributed by atoms with Crippen LogP contribution in [0.1, 0.15) is 47.0 Å². The highest BCUT2D eigenvalue weighted by Gasteiger charge is 2.37. The van der Waals surface area contributed by atoms with Gasteiger partial charge in [0, 0.05) is 13.1 Å². The van der Waals surface area contributed by atoms with Crippen LogP contribution in [0.2, 0.25) is 0 Å². The zero-order valence-corrected chi connectivity index (χ0v) is 14.2. The molecule has 0 radical (unpaired) electrons. The molecule has 0 saturated carbocycles. The minimum absolute atomic E-state index is 0.229. The van der Waals surface area contributed by atoms with Crippen molar-refractivity contribution in [2.24, 2.45) is 17.8 Å². The van der Waals surface area contributed by atoms with Gasteiger partial charge in [-0.25, -0.2) is 4.72 Å². The average molecular weight is 320 g/mol. The predicted molar refractivity (Wildman–Crippen MR) is 82.1 cm³/mol. The number of hydrogen-bond acceptors (Lipinski definition) is 3. The largest absolute Gasteiger partial charge is 0.480 e. The van der Waals surface area contributed by atoms with E-state index in [-0.39, 0.29) is 12.5 Å². The topological polar surface area (TPSA) is 86.7 Å². The van der Waals surface area contributed by atoms with Crippen molar-refractivity contribution in [1.82, 2.24) is 9.03 Å². The lowest BCUT2D eigenvalue weighted by Gasteiger charge is -2.33. The van der Waals surface area contributed by atoms with Crippen LogP contribution >= 0.6 is 0 Å². The Bertz CT molecular complexity index is 440. The van der Waals surface area contributed by atoms with Gasteiger partial charge in [0.15, 0.2) is 0 Å². The number of piperidine rings is 1. The zero-order chi connectivity index (χ0) is 16.2. The minimum Gasteiger partial charge on any atom is -0.480 e. The van der Waals surface area contributed by atoms with E-state index < -0.39 is 22.2 Å². The van der Waals surface area contributed by atoms with Crippen molar-refractivity contribution in [1.29, 1.82) is 0 Å². The first-order valence-corrected chi connectivity index (χ1v) is 9.10. The molecule has 6 nitrogen and oxygen atoms in total. The summed E-state index contributed by atoms with van der Waals surface area (Å²) in [4.78, 5) is 11.2. The summed E-state index contributed by atoms with van der Waals surface area (Å²) in [6.07, 6.45) is 1.85.